The Morgan fingerprint density at radius 1 is 1.00 bits per heavy atom. The molecule has 18 heavy (non-hydrogen) atoms. The van der Waals surface area contributed by atoms with Crippen molar-refractivity contribution in [2.45, 2.75) is 13.8 Å². The molecule has 2 N–H and O–H groups in total. The van der Waals surface area contributed by atoms with Crippen LogP contribution in [-0.2, 0) is 0 Å². The SMILES string of the molecule is Cc1cc2[nH]c(=O)c3n[nH]nc3c(=O)c2cc1C. The van der Waals surface area contributed by atoms with Crippen molar-refractivity contribution in [2.75, 3.05) is 0 Å². The molecule has 6 nitrogen and oxygen atoms in total. The van der Waals surface area contributed by atoms with Crippen molar-refractivity contribution in [1.82, 2.24) is 20.4 Å². The first-order chi connectivity index (χ1) is 8.58. The predicted octanol–water partition coefficient (Wildman–Crippen LogP) is 0.776. The van der Waals surface area contributed by atoms with Gasteiger partial charge in [0.25, 0.3) is 5.56 Å². The third-order valence-corrected chi connectivity index (χ3v) is 3.10. The Morgan fingerprint density at radius 2 is 1.67 bits per heavy atom. The van der Waals surface area contributed by atoms with Gasteiger partial charge < -0.3 is 4.98 Å². The highest BCUT2D eigenvalue weighted by atomic mass is 16.1. The van der Waals surface area contributed by atoms with Crippen molar-refractivity contribution >= 4 is 21.9 Å². The summed E-state index contributed by atoms with van der Waals surface area (Å²) in [5.74, 6) is 0. The first-order valence-electron chi connectivity index (χ1n) is 5.46. The summed E-state index contributed by atoms with van der Waals surface area (Å²) < 4.78 is 0. The standard InChI is InChI=1S/C12H10N4O2/c1-5-3-7-8(4-6(5)2)13-12(18)10-9(11(7)17)14-16-15-10/h3-4H,1-2H3,(H,13,18)(H,14,15,16). The number of H-pyrrole nitrogens is 2. The quantitative estimate of drug-likeness (QED) is 0.609. The Balaban J connectivity index is 2.73. The fraction of sp³-hybridized carbons (Fsp3) is 0.167. The highest BCUT2D eigenvalue weighted by molar-refractivity contribution is 5.87. The van der Waals surface area contributed by atoms with Crippen molar-refractivity contribution in [3.8, 4) is 0 Å². The molecule has 1 aromatic carbocycles. The molecule has 0 aliphatic rings. The zero-order valence-electron chi connectivity index (χ0n) is 9.87. The number of hydrogen-bond acceptors (Lipinski definition) is 4. The second kappa shape index (κ2) is 3.49. The lowest BCUT2D eigenvalue weighted by molar-refractivity contribution is 0.955. The maximum absolute atomic E-state index is 12.3. The number of hydrogen-bond donors (Lipinski definition) is 2. The van der Waals surface area contributed by atoms with Crippen LogP contribution in [0.15, 0.2) is 21.7 Å². The molecule has 0 radical (unpaired) electrons. The molecule has 0 saturated heterocycles. The Hall–Kier alpha value is -2.50. The van der Waals surface area contributed by atoms with Crippen LogP contribution in [-0.4, -0.2) is 20.4 Å². The lowest BCUT2D eigenvalue weighted by Gasteiger charge is -1.99. The fourth-order valence-corrected chi connectivity index (χ4v) is 1.96. The van der Waals surface area contributed by atoms with E-state index in [4.69, 9.17) is 0 Å². The van der Waals surface area contributed by atoms with Crippen LogP contribution in [0.5, 0.6) is 0 Å². The van der Waals surface area contributed by atoms with E-state index < -0.39 is 5.56 Å². The smallest absolute Gasteiger partial charge is 0.278 e. The van der Waals surface area contributed by atoms with E-state index in [0.717, 1.165) is 11.1 Å². The van der Waals surface area contributed by atoms with Gasteiger partial charge >= 0.3 is 0 Å². The number of fused-ring (bicyclic) bond motifs is 2. The largest absolute Gasteiger partial charge is 0.320 e. The van der Waals surface area contributed by atoms with E-state index in [1.54, 1.807) is 12.1 Å². The molecule has 2 aromatic heterocycles. The lowest BCUT2D eigenvalue weighted by atomic mass is 10.1. The Labute approximate surface area is 101 Å². The maximum Gasteiger partial charge on any atom is 0.278 e. The number of nitrogens with zero attached hydrogens (tertiary/aromatic N) is 2. The minimum Gasteiger partial charge on any atom is -0.320 e. The van der Waals surface area contributed by atoms with E-state index in [2.05, 4.69) is 20.4 Å². The van der Waals surface area contributed by atoms with Crippen molar-refractivity contribution in [2.24, 2.45) is 0 Å². The molecular weight excluding hydrogens is 232 g/mol. The molecule has 0 amide bonds. The Kier molecular flexibility index (Phi) is 2.07. The number of aromatic nitrogens is 4. The molecule has 3 rings (SSSR count). The number of aryl methyl sites for hydroxylation is 2. The van der Waals surface area contributed by atoms with Gasteiger partial charge in [-0.15, -0.1) is 0 Å². The van der Waals surface area contributed by atoms with Gasteiger partial charge in [-0.25, -0.2) is 0 Å². The van der Waals surface area contributed by atoms with Crippen LogP contribution in [0, 0.1) is 13.8 Å². The zero-order valence-corrected chi connectivity index (χ0v) is 9.87. The van der Waals surface area contributed by atoms with Gasteiger partial charge in [0.1, 0.15) is 0 Å². The van der Waals surface area contributed by atoms with Gasteiger partial charge in [-0.05, 0) is 37.1 Å². The second-order valence-electron chi connectivity index (χ2n) is 4.29. The number of aromatic amines is 2. The summed E-state index contributed by atoms with van der Waals surface area (Å²) >= 11 is 0. The average molecular weight is 242 g/mol. The van der Waals surface area contributed by atoms with Crippen LogP contribution in [0.4, 0.5) is 0 Å². The molecule has 0 spiro atoms. The number of nitrogens with one attached hydrogen (secondary N) is 2. The van der Waals surface area contributed by atoms with Crippen LogP contribution in [0.1, 0.15) is 11.1 Å². The van der Waals surface area contributed by atoms with Crippen molar-refractivity contribution in [3.63, 3.8) is 0 Å². The van der Waals surface area contributed by atoms with Crippen LogP contribution in [0.25, 0.3) is 21.9 Å². The fourth-order valence-electron chi connectivity index (χ4n) is 1.96. The topological polar surface area (TPSA) is 91.5 Å². The number of benzene rings is 1. The lowest BCUT2D eigenvalue weighted by Crippen LogP contribution is -2.02. The van der Waals surface area contributed by atoms with Gasteiger partial charge in [0.2, 0.25) is 5.43 Å². The molecule has 0 aliphatic heterocycles. The highest BCUT2D eigenvalue weighted by Crippen LogP contribution is 2.14. The summed E-state index contributed by atoms with van der Waals surface area (Å²) in [6.07, 6.45) is 0. The van der Waals surface area contributed by atoms with Crippen LogP contribution < -0.4 is 11.0 Å². The monoisotopic (exact) mass is 242 g/mol. The predicted molar refractivity (Wildman–Crippen MR) is 67.8 cm³/mol. The van der Waals surface area contributed by atoms with Crippen LogP contribution in [0.2, 0.25) is 0 Å². The number of rotatable bonds is 0. The molecule has 0 bridgehead atoms. The average Bonchev–Trinajstić information content (AvgIpc) is 2.78. The van der Waals surface area contributed by atoms with Gasteiger partial charge in [0.15, 0.2) is 11.0 Å². The minimum atomic E-state index is -0.422. The molecular formula is C12H10N4O2. The van der Waals surface area contributed by atoms with Crippen molar-refractivity contribution < 1.29 is 0 Å². The van der Waals surface area contributed by atoms with E-state index in [1.807, 2.05) is 13.8 Å². The Bertz CT molecular complexity index is 892. The van der Waals surface area contributed by atoms with Crippen LogP contribution in [0.3, 0.4) is 0 Å². The Morgan fingerprint density at radius 3 is 2.44 bits per heavy atom. The first-order valence-corrected chi connectivity index (χ1v) is 5.46. The molecule has 3 aromatic rings. The third kappa shape index (κ3) is 1.35. The van der Waals surface area contributed by atoms with E-state index in [-0.39, 0.29) is 16.5 Å². The summed E-state index contributed by atoms with van der Waals surface area (Å²) in [4.78, 5) is 26.8. The van der Waals surface area contributed by atoms with Gasteiger partial charge in [-0.3, -0.25) is 9.59 Å². The van der Waals surface area contributed by atoms with E-state index >= 15 is 0 Å². The van der Waals surface area contributed by atoms with Gasteiger partial charge in [0, 0.05) is 5.39 Å². The van der Waals surface area contributed by atoms with Gasteiger partial charge in [-0.1, -0.05) is 0 Å². The first kappa shape index (κ1) is 10.6. The molecule has 0 unspecified atom stereocenters. The summed E-state index contributed by atoms with van der Waals surface area (Å²) in [5, 5.41) is 10.2. The van der Waals surface area contributed by atoms with E-state index in [9.17, 15) is 9.59 Å². The summed E-state index contributed by atoms with van der Waals surface area (Å²) in [6, 6.07) is 3.55. The third-order valence-electron chi connectivity index (χ3n) is 3.10. The molecule has 6 heteroatoms. The van der Waals surface area contributed by atoms with Crippen molar-refractivity contribution in [1.29, 1.82) is 0 Å². The maximum atomic E-state index is 12.3. The van der Waals surface area contributed by atoms with E-state index in [1.165, 1.54) is 0 Å². The second-order valence-corrected chi connectivity index (χ2v) is 4.29. The summed E-state index contributed by atoms with van der Waals surface area (Å²) in [7, 11) is 0. The summed E-state index contributed by atoms with van der Waals surface area (Å²) in [6.45, 7) is 3.84. The van der Waals surface area contributed by atoms with Gasteiger partial charge in [0.05, 0.1) is 5.52 Å². The van der Waals surface area contributed by atoms with Crippen LogP contribution >= 0.6 is 0 Å². The van der Waals surface area contributed by atoms with Gasteiger partial charge in [-0.2, -0.15) is 15.4 Å². The minimum absolute atomic E-state index is 0.0338. The normalized spacial score (nSPS) is 11.2. The summed E-state index contributed by atoms with van der Waals surface area (Å²) in [5.41, 5.74) is 1.89. The molecule has 2 heterocycles. The van der Waals surface area contributed by atoms with E-state index in [0.29, 0.717) is 10.9 Å². The molecule has 0 fully saturated rings. The highest BCUT2D eigenvalue weighted by Gasteiger charge is 2.10. The molecule has 90 valence electrons. The molecule has 0 saturated carbocycles. The van der Waals surface area contributed by atoms with Crippen molar-refractivity contribution in [3.05, 3.63) is 43.8 Å². The molecule has 0 atom stereocenters. The molecule has 0 aliphatic carbocycles. The zero-order chi connectivity index (χ0) is 12.9.